The molecule has 0 radical (unpaired) electrons. The summed E-state index contributed by atoms with van der Waals surface area (Å²) in [7, 11) is 0. The Labute approximate surface area is 147 Å². The Morgan fingerprint density at radius 1 is 1.04 bits per heavy atom. The number of phenols is 1. The molecule has 1 aliphatic rings. The highest BCUT2D eigenvalue weighted by Gasteiger charge is 2.25. The summed E-state index contributed by atoms with van der Waals surface area (Å²) < 4.78 is 0. The van der Waals surface area contributed by atoms with Gasteiger partial charge in [-0.1, -0.05) is 60.5 Å². The predicted molar refractivity (Wildman–Crippen MR) is 103 cm³/mol. The zero-order chi connectivity index (χ0) is 18.1. The minimum Gasteiger partial charge on any atom is -0.507 e. The number of hydrogen-bond acceptors (Lipinski definition) is 3. The number of nitrogens with zero attached hydrogens (tertiary/aromatic N) is 1. The van der Waals surface area contributed by atoms with Crippen molar-refractivity contribution in [1.82, 2.24) is 0 Å². The van der Waals surface area contributed by atoms with Gasteiger partial charge in [-0.3, -0.25) is 4.99 Å². The zero-order valence-corrected chi connectivity index (χ0v) is 16.2. The molecule has 0 aromatic heterocycles. The number of rotatable bonds is 2. The maximum Gasteiger partial charge on any atom is 0.128 e. The van der Waals surface area contributed by atoms with E-state index in [0.717, 1.165) is 24.0 Å². The SMILES string of the molecule is CC(C)(C)c1cc(C=N[C@@H]2CCCCC2N)c(O)c(C(C)(C)C)c1. The minimum absolute atomic E-state index is 0.0253. The second-order valence-corrected chi connectivity index (χ2v) is 9.26. The van der Waals surface area contributed by atoms with Crippen molar-refractivity contribution in [2.45, 2.75) is 90.1 Å². The highest BCUT2D eigenvalue weighted by Crippen LogP contribution is 2.37. The van der Waals surface area contributed by atoms with E-state index in [2.05, 4.69) is 53.7 Å². The van der Waals surface area contributed by atoms with Crippen molar-refractivity contribution in [2.24, 2.45) is 10.7 Å². The highest BCUT2D eigenvalue weighted by molar-refractivity contribution is 5.85. The van der Waals surface area contributed by atoms with Crippen molar-refractivity contribution < 1.29 is 5.11 Å². The van der Waals surface area contributed by atoms with Crippen molar-refractivity contribution in [3.05, 3.63) is 28.8 Å². The van der Waals surface area contributed by atoms with E-state index in [1.807, 2.05) is 6.21 Å². The van der Waals surface area contributed by atoms with E-state index in [9.17, 15) is 5.11 Å². The maximum absolute atomic E-state index is 10.8. The van der Waals surface area contributed by atoms with Crippen molar-refractivity contribution >= 4 is 6.21 Å². The predicted octanol–water partition coefficient (Wildman–Crippen LogP) is 4.68. The third-order valence-corrected chi connectivity index (χ3v) is 5.00. The molecule has 0 amide bonds. The zero-order valence-electron chi connectivity index (χ0n) is 16.2. The third-order valence-electron chi connectivity index (χ3n) is 5.00. The Bertz CT molecular complexity index is 605. The van der Waals surface area contributed by atoms with E-state index in [4.69, 9.17) is 10.7 Å². The molecule has 1 aliphatic carbocycles. The van der Waals surface area contributed by atoms with Gasteiger partial charge in [-0.05, 0) is 35.3 Å². The molecule has 2 atom stereocenters. The van der Waals surface area contributed by atoms with Crippen molar-refractivity contribution in [2.75, 3.05) is 0 Å². The molecule has 0 saturated heterocycles. The Balaban J connectivity index is 2.44. The molecule has 0 bridgehead atoms. The quantitative estimate of drug-likeness (QED) is 0.774. The molecule has 1 unspecified atom stereocenters. The molecular formula is C21H34N2O. The van der Waals surface area contributed by atoms with Crippen LogP contribution in [0.4, 0.5) is 0 Å². The fourth-order valence-corrected chi connectivity index (χ4v) is 3.26. The molecule has 134 valence electrons. The van der Waals surface area contributed by atoms with E-state index in [-0.39, 0.29) is 22.9 Å². The molecule has 1 aromatic rings. The van der Waals surface area contributed by atoms with Crippen LogP contribution in [0.25, 0.3) is 0 Å². The number of nitrogens with two attached hydrogens (primary N) is 1. The van der Waals surface area contributed by atoms with E-state index in [0.29, 0.717) is 5.75 Å². The largest absolute Gasteiger partial charge is 0.507 e. The Morgan fingerprint density at radius 2 is 1.67 bits per heavy atom. The van der Waals surface area contributed by atoms with E-state index in [1.54, 1.807) is 0 Å². The Morgan fingerprint density at radius 3 is 2.21 bits per heavy atom. The van der Waals surface area contributed by atoms with Gasteiger partial charge in [-0.25, -0.2) is 0 Å². The average molecular weight is 331 g/mol. The summed E-state index contributed by atoms with van der Waals surface area (Å²) in [5, 5.41) is 10.8. The highest BCUT2D eigenvalue weighted by atomic mass is 16.3. The summed E-state index contributed by atoms with van der Waals surface area (Å²) in [5.74, 6) is 0.351. The summed E-state index contributed by atoms with van der Waals surface area (Å²) in [6.07, 6.45) is 6.32. The lowest BCUT2D eigenvalue weighted by atomic mass is 9.79. The first kappa shape index (κ1) is 19.0. The Hall–Kier alpha value is -1.35. The van der Waals surface area contributed by atoms with Gasteiger partial charge in [0.15, 0.2) is 0 Å². The molecule has 2 rings (SSSR count). The lowest BCUT2D eigenvalue weighted by molar-refractivity contribution is 0.387. The summed E-state index contributed by atoms with van der Waals surface area (Å²) in [4.78, 5) is 4.73. The Kier molecular flexibility index (Phi) is 5.44. The number of benzene rings is 1. The third kappa shape index (κ3) is 4.38. The smallest absolute Gasteiger partial charge is 0.128 e. The maximum atomic E-state index is 10.8. The van der Waals surface area contributed by atoms with Crippen LogP contribution in [0, 0.1) is 0 Å². The lowest BCUT2D eigenvalue weighted by Gasteiger charge is -2.27. The standard InChI is InChI=1S/C21H34N2O/c1-20(2,3)15-11-14(19(24)16(12-15)21(4,5)6)13-23-18-10-8-7-9-17(18)22/h11-13,17-18,24H,7-10,22H2,1-6H3/t17?,18-/m1/s1. The first-order valence-corrected chi connectivity index (χ1v) is 9.17. The average Bonchev–Trinajstić information content (AvgIpc) is 2.45. The molecule has 0 heterocycles. The molecule has 1 fully saturated rings. The molecule has 1 saturated carbocycles. The van der Waals surface area contributed by atoms with Crippen LogP contribution >= 0.6 is 0 Å². The molecule has 0 aliphatic heterocycles. The second kappa shape index (κ2) is 6.87. The molecule has 1 aromatic carbocycles. The van der Waals surface area contributed by atoms with Crippen molar-refractivity contribution in [1.29, 1.82) is 0 Å². The van der Waals surface area contributed by atoms with Gasteiger partial charge in [0, 0.05) is 23.4 Å². The lowest BCUT2D eigenvalue weighted by Crippen LogP contribution is -2.36. The number of aromatic hydroxyl groups is 1. The first-order valence-electron chi connectivity index (χ1n) is 9.17. The van der Waals surface area contributed by atoms with E-state index < -0.39 is 0 Å². The second-order valence-electron chi connectivity index (χ2n) is 9.26. The van der Waals surface area contributed by atoms with Crippen LogP contribution in [0.5, 0.6) is 5.75 Å². The van der Waals surface area contributed by atoms with Gasteiger partial charge in [0.05, 0.1) is 6.04 Å². The summed E-state index contributed by atoms with van der Waals surface area (Å²) in [5.41, 5.74) is 9.12. The van der Waals surface area contributed by atoms with Crippen LogP contribution in [0.3, 0.4) is 0 Å². The molecule has 3 heteroatoms. The summed E-state index contributed by atoms with van der Waals surface area (Å²) in [6.45, 7) is 13.0. The van der Waals surface area contributed by atoms with Crippen molar-refractivity contribution in [3.8, 4) is 5.75 Å². The number of aliphatic imine (C=N–C) groups is 1. The fourth-order valence-electron chi connectivity index (χ4n) is 3.26. The van der Waals surface area contributed by atoms with Crippen LogP contribution < -0.4 is 5.73 Å². The number of hydrogen-bond donors (Lipinski definition) is 2. The van der Waals surface area contributed by atoms with Gasteiger partial charge in [-0.15, -0.1) is 0 Å². The van der Waals surface area contributed by atoms with Gasteiger partial charge in [0.2, 0.25) is 0 Å². The minimum atomic E-state index is -0.116. The molecular weight excluding hydrogens is 296 g/mol. The van der Waals surface area contributed by atoms with Gasteiger partial charge >= 0.3 is 0 Å². The normalized spacial score (nSPS) is 23.0. The molecule has 0 spiro atoms. The molecule has 3 N–H and O–H groups in total. The van der Waals surface area contributed by atoms with E-state index >= 15 is 0 Å². The van der Waals surface area contributed by atoms with Crippen LogP contribution in [-0.4, -0.2) is 23.4 Å². The van der Waals surface area contributed by atoms with Crippen LogP contribution in [0.15, 0.2) is 17.1 Å². The van der Waals surface area contributed by atoms with E-state index in [1.165, 1.54) is 18.4 Å². The van der Waals surface area contributed by atoms with Crippen molar-refractivity contribution in [3.63, 3.8) is 0 Å². The van der Waals surface area contributed by atoms with Crippen LogP contribution in [0.1, 0.15) is 83.9 Å². The molecule has 3 nitrogen and oxygen atoms in total. The van der Waals surface area contributed by atoms with Crippen LogP contribution in [-0.2, 0) is 10.8 Å². The summed E-state index contributed by atoms with van der Waals surface area (Å²) in [6, 6.07) is 4.53. The fraction of sp³-hybridized carbons (Fsp3) is 0.667. The monoisotopic (exact) mass is 330 g/mol. The van der Waals surface area contributed by atoms with Gasteiger partial charge in [0.1, 0.15) is 5.75 Å². The summed E-state index contributed by atoms with van der Waals surface area (Å²) >= 11 is 0. The topological polar surface area (TPSA) is 58.6 Å². The number of phenolic OH excluding ortho intramolecular Hbond substituents is 1. The van der Waals surface area contributed by atoms with Gasteiger partial charge in [-0.2, -0.15) is 0 Å². The molecule has 24 heavy (non-hydrogen) atoms. The van der Waals surface area contributed by atoms with Gasteiger partial charge in [0.25, 0.3) is 0 Å². The van der Waals surface area contributed by atoms with Crippen LogP contribution in [0.2, 0.25) is 0 Å². The first-order chi connectivity index (χ1) is 11.0. The van der Waals surface area contributed by atoms with Gasteiger partial charge < -0.3 is 10.8 Å².